The maximum atomic E-state index is 15.5. The summed E-state index contributed by atoms with van der Waals surface area (Å²) in [7, 11) is -3.99. The molecule has 4 atom stereocenters. The van der Waals surface area contributed by atoms with Crippen molar-refractivity contribution in [3.8, 4) is 0 Å². The Bertz CT molecular complexity index is 1520. The van der Waals surface area contributed by atoms with Gasteiger partial charge in [-0.15, -0.1) is 6.58 Å². The zero-order valence-electron chi connectivity index (χ0n) is 30.8. The Balaban J connectivity index is 1.87. The Morgan fingerprint density at radius 3 is 2.12 bits per heavy atom. The second-order valence-corrected chi connectivity index (χ2v) is 24.0. The van der Waals surface area contributed by atoms with Crippen molar-refractivity contribution in [1.82, 2.24) is 9.21 Å². The Kier molecular flexibility index (Phi) is 13.4. The largest absolute Gasteiger partial charge is 0.416 e. The summed E-state index contributed by atoms with van der Waals surface area (Å²) in [6, 6.07) is 15.0. The Morgan fingerprint density at radius 1 is 1.00 bits per heavy atom. The van der Waals surface area contributed by atoms with Gasteiger partial charge in [-0.2, -0.15) is 0 Å². The molecule has 6 nitrogen and oxygen atoms in total. The highest BCUT2D eigenvalue weighted by molar-refractivity contribution is 7.90. The van der Waals surface area contributed by atoms with Crippen molar-refractivity contribution in [3.63, 3.8) is 0 Å². The van der Waals surface area contributed by atoms with Crippen LogP contribution in [0.3, 0.4) is 0 Å². The Hall–Kier alpha value is -1.68. The van der Waals surface area contributed by atoms with Crippen molar-refractivity contribution in [3.05, 3.63) is 82.4 Å². The van der Waals surface area contributed by atoms with E-state index in [0.717, 1.165) is 11.1 Å². The second kappa shape index (κ2) is 16.3. The number of likely N-dealkylation sites (N-methyl/N-ethyl adjacent to an activating group) is 1. The van der Waals surface area contributed by atoms with Crippen LogP contribution in [0.2, 0.25) is 26.7 Å². The minimum Gasteiger partial charge on any atom is -0.416 e. The number of halogens is 2. The highest BCUT2D eigenvalue weighted by Gasteiger charge is 2.54. The van der Waals surface area contributed by atoms with Crippen molar-refractivity contribution < 1.29 is 17.6 Å². The SMILES string of the molecule is C=CC[C@]1(CCO[Si](C(C)C)(C(C)C)C(C)C)C[C@H](c2cccc(Cl)c2)[C@@H](c2ccc(Cl)cc2)N([C@@H](CC)CN(C)S(=O)(=O)C2CC2)C1=O. The Labute approximate surface area is 307 Å². The number of allylic oxidation sites excluding steroid dienone is 1. The van der Waals surface area contributed by atoms with Crippen LogP contribution in [0.4, 0.5) is 0 Å². The number of rotatable bonds is 17. The first-order valence-corrected chi connectivity index (χ1v) is 22.5. The van der Waals surface area contributed by atoms with Gasteiger partial charge < -0.3 is 9.33 Å². The minimum absolute atomic E-state index is 0.0317. The average molecular weight is 750 g/mol. The van der Waals surface area contributed by atoms with E-state index in [4.69, 9.17) is 27.6 Å². The van der Waals surface area contributed by atoms with Gasteiger partial charge >= 0.3 is 0 Å². The fraction of sp³-hybridized carbons (Fsp3) is 0.615. The number of likely N-dealkylation sites (tertiary alicyclic amines) is 1. The molecule has 0 bridgehead atoms. The van der Waals surface area contributed by atoms with E-state index >= 15 is 4.79 Å². The number of benzene rings is 2. The van der Waals surface area contributed by atoms with Gasteiger partial charge in [0.05, 0.1) is 16.7 Å². The number of amides is 1. The number of nitrogens with zero attached hydrogens (tertiary/aromatic N) is 2. The molecule has 2 aliphatic rings. The lowest BCUT2D eigenvalue weighted by Gasteiger charge is -2.54. The highest BCUT2D eigenvalue weighted by Crippen LogP contribution is 2.54. The van der Waals surface area contributed by atoms with E-state index in [0.29, 0.717) is 71.8 Å². The summed E-state index contributed by atoms with van der Waals surface area (Å²) >= 11 is 13.0. The summed E-state index contributed by atoms with van der Waals surface area (Å²) in [5, 5.41) is 0.922. The van der Waals surface area contributed by atoms with E-state index in [9.17, 15) is 8.42 Å². The first kappa shape index (κ1) is 40.1. The summed E-state index contributed by atoms with van der Waals surface area (Å²) in [6.07, 6.45) is 5.45. The van der Waals surface area contributed by atoms with Gasteiger partial charge in [-0.05, 0) is 90.5 Å². The van der Waals surface area contributed by atoms with E-state index < -0.39 is 23.8 Å². The molecule has 1 saturated heterocycles. The molecular formula is C39H58Cl2N2O4SSi. The summed E-state index contributed by atoms with van der Waals surface area (Å²) in [6.45, 7) is 20.6. The normalized spacial score (nSPS) is 22.8. The maximum Gasteiger partial charge on any atom is 0.230 e. The molecule has 2 aromatic carbocycles. The van der Waals surface area contributed by atoms with Crippen LogP contribution < -0.4 is 0 Å². The second-order valence-electron chi connectivity index (χ2n) is 15.4. The molecule has 10 heteroatoms. The maximum absolute atomic E-state index is 15.5. The molecule has 0 radical (unpaired) electrons. The quantitative estimate of drug-likeness (QED) is 0.119. The predicted octanol–water partition coefficient (Wildman–Crippen LogP) is 10.4. The molecule has 0 N–H and O–H groups in total. The number of sulfonamides is 1. The molecule has 0 spiro atoms. The molecular weight excluding hydrogens is 691 g/mol. The third-order valence-corrected chi connectivity index (χ3v) is 20.3. The van der Waals surface area contributed by atoms with E-state index in [1.165, 1.54) is 4.31 Å². The van der Waals surface area contributed by atoms with Gasteiger partial charge in [-0.25, -0.2) is 12.7 Å². The predicted molar refractivity (Wildman–Crippen MR) is 207 cm³/mol. The van der Waals surface area contributed by atoms with Gasteiger partial charge in [-0.3, -0.25) is 4.79 Å². The van der Waals surface area contributed by atoms with Gasteiger partial charge in [0.1, 0.15) is 0 Å². The molecule has 1 amide bonds. The molecule has 2 aromatic rings. The van der Waals surface area contributed by atoms with Crippen molar-refractivity contribution in [1.29, 1.82) is 0 Å². The molecule has 49 heavy (non-hydrogen) atoms. The zero-order valence-corrected chi connectivity index (χ0v) is 34.1. The first-order chi connectivity index (χ1) is 23.0. The lowest BCUT2D eigenvalue weighted by molar-refractivity contribution is -0.157. The molecule has 2 fully saturated rings. The molecule has 1 saturated carbocycles. The van der Waals surface area contributed by atoms with Crippen LogP contribution in [0.25, 0.3) is 0 Å². The van der Waals surface area contributed by atoms with Crippen LogP contribution in [0.5, 0.6) is 0 Å². The standard InChI is InChI=1S/C39H58Cl2N2O4SSi/c1-10-21-39(22-23-47-49(27(3)4,28(5)6)29(7)8)25-36(31-13-12-14-33(41)24-31)37(30-15-17-32(40)18-16-30)43(38(39)44)34(11-2)26-42(9)48(45,46)35-19-20-35/h10,12-18,24,27-29,34-37H,1,11,19-23,25-26H2,2-9H3/t34-,36+,37+,39-/m0/s1. The van der Waals surface area contributed by atoms with Crippen molar-refractivity contribution in [2.24, 2.45) is 5.41 Å². The monoisotopic (exact) mass is 748 g/mol. The smallest absolute Gasteiger partial charge is 0.230 e. The fourth-order valence-electron chi connectivity index (χ4n) is 8.81. The van der Waals surface area contributed by atoms with E-state index in [-0.39, 0.29) is 35.7 Å². The van der Waals surface area contributed by atoms with Crippen LogP contribution in [0, 0.1) is 5.41 Å². The summed E-state index contributed by atoms with van der Waals surface area (Å²) < 4.78 is 35.4. The number of hydrogen-bond acceptors (Lipinski definition) is 4. The van der Waals surface area contributed by atoms with Crippen molar-refractivity contribution in [2.75, 3.05) is 20.2 Å². The topological polar surface area (TPSA) is 66.9 Å². The lowest BCUT2D eigenvalue weighted by atomic mass is 9.64. The highest BCUT2D eigenvalue weighted by atomic mass is 35.5. The third kappa shape index (κ3) is 8.36. The molecule has 4 rings (SSSR count). The van der Waals surface area contributed by atoms with Crippen LogP contribution in [0.1, 0.15) is 110 Å². The van der Waals surface area contributed by atoms with E-state index in [2.05, 4.69) is 54.2 Å². The molecule has 0 unspecified atom stereocenters. The number of piperidine rings is 1. The fourth-order valence-corrected chi connectivity index (χ4v) is 16.2. The molecule has 1 aliphatic carbocycles. The van der Waals surface area contributed by atoms with Crippen molar-refractivity contribution in [2.45, 2.75) is 127 Å². The third-order valence-electron chi connectivity index (χ3n) is 11.4. The number of carbonyl (C=O) groups excluding carboxylic acids is 1. The van der Waals surface area contributed by atoms with Crippen LogP contribution in [-0.2, 0) is 19.2 Å². The summed E-state index contributed by atoms with van der Waals surface area (Å²) in [4.78, 5) is 17.5. The first-order valence-electron chi connectivity index (χ1n) is 18.1. The minimum atomic E-state index is -3.45. The van der Waals surface area contributed by atoms with Crippen LogP contribution in [-0.4, -0.2) is 63.3 Å². The van der Waals surface area contributed by atoms with Gasteiger partial charge in [0.25, 0.3) is 0 Å². The molecule has 1 heterocycles. The Morgan fingerprint density at radius 2 is 1.61 bits per heavy atom. The van der Waals surface area contributed by atoms with E-state index in [1.807, 2.05) is 60.4 Å². The van der Waals surface area contributed by atoms with Gasteiger partial charge in [-0.1, -0.05) is 102 Å². The van der Waals surface area contributed by atoms with Gasteiger partial charge in [0, 0.05) is 42.2 Å². The summed E-state index contributed by atoms with van der Waals surface area (Å²) in [5.41, 5.74) is 2.46. The summed E-state index contributed by atoms with van der Waals surface area (Å²) in [5.74, 6) is -0.0941. The number of hydrogen-bond donors (Lipinski definition) is 0. The van der Waals surface area contributed by atoms with Crippen molar-refractivity contribution >= 4 is 47.4 Å². The molecule has 272 valence electrons. The van der Waals surface area contributed by atoms with Gasteiger partial charge in [0.15, 0.2) is 8.32 Å². The molecule has 1 aliphatic heterocycles. The van der Waals surface area contributed by atoms with Crippen LogP contribution >= 0.6 is 23.2 Å². The average Bonchev–Trinajstić information content (AvgIpc) is 3.90. The van der Waals surface area contributed by atoms with E-state index in [1.54, 1.807) is 7.05 Å². The van der Waals surface area contributed by atoms with Crippen LogP contribution in [0.15, 0.2) is 61.2 Å². The lowest BCUT2D eigenvalue weighted by Crippen LogP contribution is -2.59. The zero-order chi connectivity index (χ0) is 36.3. The molecule has 0 aromatic heterocycles. The number of carbonyl (C=O) groups is 1. The van der Waals surface area contributed by atoms with Gasteiger partial charge in [0.2, 0.25) is 15.9 Å².